The number of fused-ring (bicyclic) bond motifs is 4. The monoisotopic (exact) mass is 408 g/mol. The average molecular weight is 409 g/mol. The highest BCUT2D eigenvalue weighted by Gasteiger charge is 2.43. The number of carbonyl (C=O) groups excluding carboxylic acids is 1. The van der Waals surface area contributed by atoms with E-state index >= 15 is 0 Å². The zero-order valence-corrected chi connectivity index (χ0v) is 17.3. The molecule has 0 saturated carbocycles. The van der Waals surface area contributed by atoms with Gasteiger partial charge in [0.2, 0.25) is 0 Å². The lowest BCUT2D eigenvalue weighted by atomic mass is 9.68. The minimum Gasteiger partial charge on any atom is -0.383 e. The predicted octanol–water partition coefficient (Wildman–Crippen LogP) is 3.54. The van der Waals surface area contributed by atoms with E-state index in [1.807, 2.05) is 23.1 Å². The van der Waals surface area contributed by atoms with Crippen LogP contribution in [0.25, 0.3) is 0 Å². The number of benzene rings is 2. The largest absolute Gasteiger partial charge is 0.383 e. The Hall–Kier alpha value is -2.24. The highest BCUT2D eigenvalue weighted by Crippen LogP contribution is 2.44. The maximum atomic E-state index is 13.6. The van der Waals surface area contributed by atoms with Gasteiger partial charge in [-0.15, -0.1) is 0 Å². The molecule has 1 N–H and O–H groups in total. The molecule has 2 bridgehead atoms. The molecule has 4 nitrogen and oxygen atoms in total. The van der Waals surface area contributed by atoms with Gasteiger partial charge < -0.3 is 14.9 Å². The molecule has 6 rings (SSSR count). The van der Waals surface area contributed by atoms with Crippen molar-refractivity contribution in [3.63, 3.8) is 0 Å². The maximum absolute atomic E-state index is 13.6. The number of hydrogen-bond donors (Lipinski definition) is 1. The number of piperidine rings is 3. The smallest absolute Gasteiger partial charge is 0.252 e. The highest BCUT2D eigenvalue weighted by atomic mass is 19.1. The number of nitrogens with zero attached hydrogens (tertiary/aromatic N) is 2. The van der Waals surface area contributed by atoms with Crippen molar-refractivity contribution < 1.29 is 14.3 Å². The molecule has 5 heteroatoms. The van der Waals surface area contributed by atoms with Crippen LogP contribution in [0.4, 0.5) is 4.39 Å². The fraction of sp³-hybridized carbons (Fsp3) is 0.480. The summed E-state index contributed by atoms with van der Waals surface area (Å²) in [6.07, 6.45) is 3.55. The van der Waals surface area contributed by atoms with Gasteiger partial charge in [-0.3, -0.25) is 4.79 Å². The molecule has 0 aromatic heterocycles. The Morgan fingerprint density at radius 3 is 2.40 bits per heavy atom. The van der Waals surface area contributed by atoms with Crippen LogP contribution in [0.2, 0.25) is 0 Å². The van der Waals surface area contributed by atoms with E-state index in [4.69, 9.17) is 0 Å². The third-order valence-corrected chi connectivity index (χ3v) is 7.54. The Kier molecular flexibility index (Phi) is 5.11. The Bertz CT molecular complexity index is 907. The number of carbonyl (C=O) groups is 1. The molecule has 0 radical (unpaired) electrons. The molecule has 4 aliphatic heterocycles. The number of rotatable bonds is 4. The van der Waals surface area contributed by atoms with E-state index in [2.05, 4.69) is 11.0 Å². The summed E-state index contributed by atoms with van der Waals surface area (Å²) in [7, 11) is 0. The van der Waals surface area contributed by atoms with Gasteiger partial charge in [0.15, 0.2) is 0 Å². The lowest BCUT2D eigenvalue weighted by Crippen LogP contribution is -2.52. The minimum atomic E-state index is -0.983. The summed E-state index contributed by atoms with van der Waals surface area (Å²) in [5, 5.41) is 11.0. The third-order valence-electron chi connectivity index (χ3n) is 7.54. The molecule has 4 heterocycles. The molecule has 2 atom stereocenters. The topological polar surface area (TPSA) is 43.8 Å². The third kappa shape index (κ3) is 3.54. The summed E-state index contributed by atoms with van der Waals surface area (Å²) >= 11 is 0. The zero-order valence-electron chi connectivity index (χ0n) is 17.3. The van der Waals surface area contributed by atoms with Crippen LogP contribution in [0.3, 0.4) is 0 Å². The molecular weight excluding hydrogens is 379 g/mol. The first kappa shape index (κ1) is 19.7. The van der Waals surface area contributed by atoms with Gasteiger partial charge in [-0.25, -0.2) is 4.39 Å². The molecule has 3 fully saturated rings. The standard InChI is InChI=1S/C25H29FN2O2/c26-20-7-5-19(6-8-20)23-21-4-2-1-3-18(21)9-13-28(23)24(30)22(29)17-25-10-14-27(15-11-25)16-12-25/h1-8,22-23,29H,9-17H2/t22?,23-/m0/s1. The highest BCUT2D eigenvalue weighted by molar-refractivity contribution is 5.82. The van der Waals surface area contributed by atoms with Gasteiger partial charge in [0, 0.05) is 6.54 Å². The quantitative estimate of drug-likeness (QED) is 0.842. The number of hydrogen-bond acceptors (Lipinski definition) is 3. The molecule has 1 amide bonds. The van der Waals surface area contributed by atoms with E-state index in [1.54, 1.807) is 12.1 Å². The van der Waals surface area contributed by atoms with Crippen LogP contribution in [0.15, 0.2) is 48.5 Å². The molecule has 30 heavy (non-hydrogen) atoms. The molecule has 2 aromatic rings. The second-order valence-corrected chi connectivity index (χ2v) is 9.25. The second kappa shape index (κ2) is 7.78. The van der Waals surface area contributed by atoms with Crippen molar-refractivity contribution in [2.45, 2.75) is 44.2 Å². The SMILES string of the molecule is O=C(C(O)CC12CCN(CC1)CC2)N1CCc2ccccc2[C@@H]1c1ccc(F)cc1. The predicted molar refractivity (Wildman–Crippen MR) is 113 cm³/mol. The summed E-state index contributed by atoms with van der Waals surface area (Å²) in [4.78, 5) is 17.8. The van der Waals surface area contributed by atoms with Crippen LogP contribution in [-0.4, -0.2) is 53.1 Å². The summed E-state index contributed by atoms with van der Waals surface area (Å²) in [5.74, 6) is -0.482. The van der Waals surface area contributed by atoms with E-state index in [9.17, 15) is 14.3 Å². The van der Waals surface area contributed by atoms with Crippen molar-refractivity contribution in [2.24, 2.45) is 5.41 Å². The number of halogens is 1. The van der Waals surface area contributed by atoms with Gasteiger partial charge in [0.05, 0.1) is 6.04 Å². The van der Waals surface area contributed by atoms with Crippen molar-refractivity contribution in [3.05, 3.63) is 71.0 Å². The first-order valence-corrected chi connectivity index (χ1v) is 11.1. The van der Waals surface area contributed by atoms with Crippen molar-refractivity contribution in [2.75, 3.05) is 26.2 Å². The van der Waals surface area contributed by atoms with Gasteiger partial charge in [0.25, 0.3) is 5.91 Å². The lowest BCUT2D eigenvalue weighted by Gasteiger charge is -2.49. The van der Waals surface area contributed by atoms with Gasteiger partial charge in [-0.1, -0.05) is 36.4 Å². The van der Waals surface area contributed by atoms with Crippen LogP contribution in [0, 0.1) is 11.2 Å². The van der Waals surface area contributed by atoms with Crippen molar-refractivity contribution in [1.29, 1.82) is 0 Å². The van der Waals surface area contributed by atoms with E-state index in [1.165, 1.54) is 17.7 Å². The number of amides is 1. The Labute approximate surface area is 177 Å². The molecule has 158 valence electrons. The lowest BCUT2D eigenvalue weighted by molar-refractivity contribution is -0.145. The molecule has 4 aliphatic rings. The van der Waals surface area contributed by atoms with Gasteiger partial charge in [-0.05, 0) is 86.0 Å². The van der Waals surface area contributed by atoms with Crippen molar-refractivity contribution >= 4 is 5.91 Å². The first-order chi connectivity index (χ1) is 14.5. The minimum absolute atomic E-state index is 0.100. The van der Waals surface area contributed by atoms with E-state index < -0.39 is 6.10 Å². The Balaban J connectivity index is 1.42. The zero-order chi connectivity index (χ0) is 20.7. The molecule has 0 spiro atoms. The summed E-state index contributed by atoms with van der Waals surface area (Å²) in [5.41, 5.74) is 3.26. The summed E-state index contributed by atoms with van der Waals surface area (Å²) in [6.45, 7) is 3.80. The second-order valence-electron chi connectivity index (χ2n) is 9.25. The normalized spacial score (nSPS) is 28.8. The fourth-order valence-electron chi connectivity index (χ4n) is 5.70. The number of aliphatic hydroxyl groups excluding tert-OH is 1. The molecule has 2 aromatic carbocycles. The molecule has 3 saturated heterocycles. The van der Waals surface area contributed by atoms with Crippen LogP contribution in [-0.2, 0) is 11.2 Å². The van der Waals surface area contributed by atoms with E-state index in [0.29, 0.717) is 13.0 Å². The molecular formula is C25H29FN2O2. The molecule has 1 unspecified atom stereocenters. The van der Waals surface area contributed by atoms with Crippen LogP contribution in [0.1, 0.15) is 48.4 Å². The molecule has 0 aliphatic carbocycles. The van der Waals surface area contributed by atoms with Gasteiger partial charge >= 0.3 is 0 Å². The van der Waals surface area contributed by atoms with Gasteiger partial charge in [0.1, 0.15) is 11.9 Å². The first-order valence-electron chi connectivity index (χ1n) is 11.1. The Morgan fingerprint density at radius 2 is 1.70 bits per heavy atom. The van der Waals surface area contributed by atoms with E-state index in [0.717, 1.165) is 56.4 Å². The van der Waals surface area contributed by atoms with Crippen molar-refractivity contribution in [1.82, 2.24) is 9.80 Å². The van der Waals surface area contributed by atoms with Crippen LogP contribution >= 0.6 is 0 Å². The fourth-order valence-corrected chi connectivity index (χ4v) is 5.70. The Morgan fingerprint density at radius 1 is 1.03 bits per heavy atom. The van der Waals surface area contributed by atoms with Gasteiger partial charge in [-0.2, -0.15) is 0 Å². The van der Waals surface area contributed by atoms with Crippen LogP contribution in [0.5, 0.6) is 0 Å². The van der Waals surface area contributed by atoms with Crippen molar-refractivity contribution in [3.8, 4) is 0 Å². The average Bonchev–Trinajstić information content (AvgIpc) is 2.79. The maximum Gasteiger partial charge on any atom is 0.252 e. The number of aliphatic hydroxyl groups is 1. The summed E-state index contributed by atoms with van der Waals surface area (Å²) in [6, 6.07) is 14.2. The van der Waals surface area contributed by atoms with E-state index in [-0.39, 0.29) is 23.2 Å². The van der Waals surface area contributed by atoms with Crippen LogP contribution < -0.4 is 0 Å². The summed E-state index contributed by atoms with van der Waals surface area (Å²) < 4.78 is 13.6.